The summed E-state index contributed by atoms with van der Waals surface area (Å²) in [5, 5.41) is 3.63. The first-order chi connectivity index (χ1) is 8.16. The molecule has 2 rings (SSSR count). The second-order valence-electron chi connectivity index (χ2n) is 4.81. The van der Waals surface area contributed by atoms with Crippen LogP contribution in [0.1, 0.15) is 30.4 Å². The van der Waals surface area contributed by atoms with E-state index in [2.05, 4.69) is 47.2 Å². The molecule has 1 heterocycles. The normalized spacial score (nSPS) is 21.0. The molecule has 2 nitrogen and oxygen atoms in total. The van der Waals surface area contributed by atoms with E-state index < -0.39 is 0 Å². The summed E-state index contributed by atoms with van der Waals surface area (Å²) < 4.78 is 6.70. The van der Waals surface area contributed by atoms with Gasteiger partial charge in [0.1, 0.15) is 0 Å². The van der Waals surface area contributed by atoms with E-state index >= 15 is 0 Å². The van der Waals surface area contributed by atoms with Crippen molar-refractivity contribution in [1.29, 1.82) is 0 Å². The van der Waals surface area contributed by atoms with Crippen molar-refractivity contribution in [3.8, 4) is 0 Å². The third-order valence-electron chi connectivity index (χ3n) is 3.26. The van der Waals surface area contributed by atoms with Crippen molar-refractivity contribution >= 4 is 21.6 Å². The van der Waals surface area contributed by atoms with Gasteiger partial charge in [-0.25, -0.2) is 0 Å². The number of anilines is 1. The molecular formula is C14H20BrNO. The maximum Gasteiger partial charge on any atom is 0.0485 e. The molecular weight excluding hydrogens is 278 g/mol. The van der Waals surface area contributed by atoms with Gasteiger partial charge in [-0.3, -0.25) is 0 Å². The van der Waals surface area contributed by atoms with E-state index in [1.165, 1.54) is 27.7 Å². The van der Waals surface area contributed by atoms with Crippen LogP contribution < -0.4 is 5.32 Å². The minimum absolute atomic E-state index is 0.553. The summed E-state index contributed by atoms with van der Waals surface area (Å²) >= 11 is 3.60. The lowest BCUT2D eigenvalue weighted by Gasteiger charge is -2.18. The van der Waals surface area contributed by atoms with Gasteiger partial charge in [-0.1, -0.05) is 15.9 Å². The average Bonchev–Trinajstić information content (AvgIpc) is 2.54. The number of hydrogen-bond acceptors (Lipinski definition) is 2. The lowest BCUT2D eigenvalue weighted by molar-refractivity contribution is 0.144. The fourth-order valence-corrected chi connectivity index (χ4v) is 2.54. The van der Waals surface area contributed by atoms with Gasteiger partial charge in [-0.15, -0.1) is 0 Å². The SMILES string of the molecule is Cc1cc(NC2CCCOCC2)cc(C)c1Br. The second kappa shape index (κ2) is 5.87. The van der Waals surface area contributed by atoms with Crippen LogP contribution in [0.25, 0.3) is 0 Å². The summed E-state index contributed by atoms with van der Waals surface area (Å²) in [4.78, 5) is 0. The van der Waals surface area contributed by atoms with Gasteiger partial charge in [-0.2, -0.15) is 0 Å². The number of aryl methyl sites for hydroxylation is 2. The molecule has 0 aliphatic carbocycles. The predicted molar refractivity (Wildman–Crippen MR) is 75.7 cm³/mol. The number of halogens is 1. The third kappa shape index (κ3) is 3.46. The van der Waals surface area contributed by atoms with Crippen molar-refractivity contribution in [3.05, 3.63) is 27.7 Å². The maximum atomic E-state index is 5.48. The Labute approximate surface area is 112 Å². The summed E-state index contributed by atoms with van der Waals surface area (Å²) in [7, 11) is 0. The average molecular weight is 298 g/mol. The van der Waals surface area contributed by atoms with E-state index in [0.29, 0.717) is 6.04 Å². The molecule has 1 aliphatic heterocycles. The molecule has 1 atom stereocenters. The van der Waals surface area contributed by atoms with Crippen LogP contribution in [-0.2, 0) is 4.74 Å². The summed E-state index contributed by atoms with van der Waals surface area (Å²) in [5.41, 5.74) is 3.81. The van der Waals surface area contributed by atoms with Crippen LogP contribution in [0.4, 0.5) is 5.69 Å². The maximum absolute atomic E-state index is 5.48. The Kier molecular flexibility index (Phi) is 4.46. The lowest BCUT2D eigenvalue weighted by Crippen LogP contribution is -2.19. The Bertz CT molecular complexity index is 361. The van der Waals surface area contributed by atoms with Crippen LogP contribution in [0, 0.1) is 13.8 Å². The van der Waals surface area contributed by atoms with Crippen molar-refractivity contribution < 1.29 is 4.74 Å². The van der Waals surface area contributed by atoms with E-state index in [-0.39, 0.29) is 0 Å². The summed E-state index contributed by atoms with van der Waals surface area (Å²) in [6.07, 6.45) is 3.47. The Morgan fingerprint density at radius 3 is 2.59 bits per heavy atom. The molecule has 1 saturated heterocycles. The van der Waals surface area contributed by atoms with Crippen LogP contribution in [0.15, 0.2) is 16.6 Å². The van der Waals surface area contributed by atoms with E-state index in [4.69, 9.17) is 4.74 Å². The number of nitrogens with one attached hydrogen (secondary N) is 1. The van der Waals surface area contributed by atoms with Crippen LogP contribution in [0.2, 0.25) is 0 Å². The Morgan fingerprint density at radius 2 is 1.88 bits per heavy atom. The van der Waals surface area contributed by atoms with Crippen molar-refractivity contribution in [2.45, 2.75) is 39.2 Å². The number of rotatable bonds is 2. The molecule has 0 saturated carbocycles. The van der Waals surface area contributed by atoms with Gasteiger partial charge in [0.2, 0.25) is 0 Å². The van der Waals surface area contributed by atoms with Crippen LogP contribution in [0.3, 0.4) is 0 Å². The highest BCUT2D eigenvalue weighted by Crippen LogP contribution is 2.26. The van der Waals surface area contributed by atoms with E-state index in [1.807, 2.05) is 0 Å². The van der Waals surface area contributed by atoms with Gasteiger partial charge >= 0.3 is 0 Å². The van der Waals surface area contributed by atoms with Crippen molar-refractivity contribution in [2.75, 3.05) is 18.5 Å². The molecule has 1 aliphatic rings. The molecule has 94 valence electrons. The van der Waals surface area contributed by atoms with Gasteiger partial charge in [-0.05, 0) is 56.4 Å². The third-order valence-corrected chi connectivity index (χ3v) is 4.51. The van der Waals surface area contributed by atoms with Crippen LogP contribution in [-0.4, -0.2) is 19.3 Å². The smallest absolute Gasteiger partial charge is 0.0485 e. The largest absolute Gasteiger partial charge is 0.382 e. The number of ether oxygens (including phenoxy) is 1. The predicted octanol–water partition coefficient (Wildman–Crippen LogP) is 4.05. The summed E-state index contributed by atoms with van der Waals surface area (Å²) in [5.74, 6) is 0. The standard InChI is InChI=1S/C14H20BrNO/c1-10-8-13(9-11(2)14(10)15)16-12-4-3-6-17-7-5-12/h8-9,12,16H,3-7H2,1-2H3. The van der Waals surface area contributed by atoms with E-state index in [1.54, 1.807) is 0 Å². The minimum Gasteiger partial charge on any atom is -0.382 e. The zero-order chi connectivity index (χ0) is 12.3. The van der Waals surface area contributed by atoms with Gasteiger partial charge in [0.15, 0.2) is 0 Å². The second-order valence-corrected chi connectivity index (χ2v) is 5.60. The molecule has 0 aromatic heterocycles. The fraction of sp³-hybridized carbons (Fsp3) is 0.571. The molecule has 1 unspecified atom stereocenters. The highest BCUT2D eigenvalue weighted by atomic mass is 79.9. The molecule has 3 heteroatoms. The van der Waals surface area contributed by atoms with Crippen molar-refractivity contribution in [3.63, 3.8) is 0 Å². The molecule has 0 amide bonds. The first-order valence-electron chi connectivity index (χ1n) is 6.28. The topological polar surface area (TPSA) is 21.3 Å². The minimum atomic E-state index is 0.553. The zero-order valence-corrected chi connectivity index (χ0v) is 12.1. The van der Waals surface area contributed by atoms with Crippen LogP contribution >= 0.6 is 15.9 Å². The Morgan fingerprint density at radius 1 is 1.18 bits per heavy atom. The van der Waals surface area contributed by atoms with Gasteiger partial charge in [0.25, 0.3) is 0 Å². The molecule has 1 aromatic rings. The van der Waals surface area contributed by atoms with Crippen molar-refractivity contribution in [2.24, 2.45) is 0 Å². The molecule has 0 bridgehead atoms. The molecule has 1 fully saturated rings. The van der Waals surface area contributed by atoms with Crippen molar-refractivity contribution in [1.82, 2.24) is 0 Å². The molecule has 1 aromatic carbocycles. The quantitative estimate of drug-likeness (QED) is 0.889. The monoisotopic (exact) mass is 297 g/mol. The zero-order valence-electron chi connectivity index (χ0n) is 10.6. The molecule has 17 heavy (non-hydrogen) atoms. The highest BCUT2D eigenvalue weighted by molar-refractivity contribution is 9.10. The fourth-order valence-electron chi connectivity index (χ4n) is 2.31. The molecule has 1 N–H and O–H groups in total. The van der Waals surface area contributed by atoms with Gasteiger partial charge in [0.05, 0.1) is 0 Å². The molecule has 0 spiro atoms. The van der Waals surface area contributed by atoms with Gasteiger partial charge in [0, 0.05) is 29.4 Å². The summed E-state index contributed by atoms with van der Waals surface area (Å²) in [6, 6.07) is 4.98. The number of benzene rings is 1. The van der Waals surface area contributed by atoms with E-state index in [0.717, 1.165) is 26.1 Å². The van der Waals surface area contributed by atoms with Gasteiger partial charge < -0.3 is 10.1 Å². The lowest BCUT2D eigenvalue weighted by atomic mass is 10.1. The van der Waals surface area contributed by atoms with Crippen LogP contribution in [0.5, 0.6) is 0 Å². The highest BCUT2D eigenvalue weighted by Gasteiger charge is 2.12. The first-order valence-corrected chi connectivity index (χ1v) is 7.07. The summed E-state index contributed by atoms with van der Waals surface area (Å²) in [6.45, 7) is 6.07. The first kappa shape index (κ1) is 12.9. The Balaban J connectivity index is 2.07. The van der Waals surface area contributed by atoms with E-state index in [9.17, 15) is 0 Å². The number of hydrogen-bond donors (Lipinski definition) is 1. The molecule has 0 radical (unpaired) electrons. The Hall–Kier alpha value is -0.540.